The third kappa shape index (κ3) is 3.21. The molecule has 2 aromatic rings. The zero-order valence-corrected chi connectivity index (χ0v) is 13.0. The Hall–Kier alpha value is -1.54. The van der Waals surface area contributed by atoms with Gasteiger partial charge in [-0.05, 0) is 42.8 Å². The summed E-state index contributed by atoms with van der Waals surface area (Å²) >= 11 is 3.25. The van der Waals surface area contributed by atoms with Crippen molar-refractivity contribution >= 4 is 31.6 Å². The Bertz CT molecular complexity index is 809. The Morgan fingerprint density at radius 2 is 1.71 bits per heavy atom. The van der Waals surface area contributed by atoms with Gasteiger partial charge < -0.3 is 0 Å². The topological polar surface area (TPSA) is 46.2 Å². The third-order valence-electron chi connectivity index (χ3n) is 2.70. The van der Waals surface area contributed by atoms with Crippen LogP contribution < -0.4 is 4.72 Å². The molecule has 0 heterocycles. The fourth-order valence-electron chi connectivity index (χ4n) is 1.63. The molecule has 21 heavy (non-hydrogen) atoms. The Kier molecular flexibility index (Phi) is 4.29. The minimum atomic E-state index is -4.36. The Labute approximate surface area is 128 Å². The molecule has 1 N–H and O–H groups in total. The van der Waals surface area contributed by atoms with E-state index in [1.54, 1.807) is 13.0 Å². The molecule has 8 heteroatoms. The Balaban J connectivity index is 2.43. The lowest BCUT2D eigenvalue weighted by atomic mass is 10.2. The van der Waals surface area contributed by atoms with Crippen molar-refractivity contribution in [3.63, 3.8) is 0 Å². The van der Waals surface area contributed by atoms with E-state index >= 15 is 0 Å². The minimum absolute atomic E-state index is 0.180. The van der Waals surface area contributed by atoms with Gasteiger partial charge in [0.25, 0.3) is 10.0 Å². The average Bonchev–Trinajstić information content (AvgIpc) is 2.39. The summed E-state index contributed by atoms with van der Waals surface area (Å²) < 4.78 is 66.5. The fraction of sp³-hybridized carbons (Fsp3) is 0.0769. The van der Waals surface area contributed by atoms with Crippen LogP contribution in [-0.4, -0.2) is 8.42 Å². The predicted octanol–water partition coefficient (Wildman–Crippen LogP) is 3.98. The first kappa shape index (κ1) is 15.8. The van der Waals surface area contributed by atoms with Gasteiger partial charge in [-0.15, -0.1) is 0 Å². The van der Waals surface area contributed by atoms with E-state index in [1.807, 2.05) is 0 Å². The van der Waals surface area contributed by atoms with Gasteiger partial charge in [0.05, 0.1) is 0 Å². The van der Waals surface area contributed by atoms with Crippen LogP contribution in [0, 0.1) is 24.4 Å². The summed E-state index contributed by atoms with van der Waals surface area (Å²) in [7, 11) is -4.36. The highest BCUT2D eigenvalue weighted by Gasteiger charge is 2.24. The molecule has 2 aromatic carbocycles. The van der Waals surface area contributed by atoms with E-state index in [0.717, 1.165) is 10.0 Å². The highest BCUT2D eigenvalue weighted by molar-refractivity contribution is 9.10. The van der Waals surface area contributed by atoms with E-state index in [9.17, 15) is 21.6 Å². The molecule has 2 rings (SSSR count). The standard InChI is InChI=1S/C13H9BrF3NO2S/c1-7-6-8(2-3-9(7)14)18-21(19,20)11-5-4-10(15)12(16)13(11)17/h2-6,18H,1H3. The van der Waals surface area contributed by atoms with Gasteiger partial charge in [-0.2, -0.15) is 0 Å². The molecule has 0 spiro atoms. The van der Waals surface area contributed by atoms with Gasteiger partial charge in [-0.25, -0.2) is 21.6 Å². The van der Waals surface area contributed by atoms with Gasteiger partial charge in [0.2, 0.25) is 0 Å². The molecule has 0 saturated heterocycles. The summed E-state index contributed by atoms with van der Waals surface area (Å²) in [6, 6.07) is 5.79. The van der Waals surface area contributed by atoms with Crippen molar-refractivity contribution in [3.05, 3.63) is 57.8 Å². The van der Waals surface area contributed by atoms with Crippen molar-refractivity contribution in [2.45, 2.75) is 11.8 Å². The van der Waals surface area contributed by atoms with Crippen molar-refractivity contribution in [2.24, 2.45) is 0 Å². The predicted molar refractivity (Wildman–Crippen MR) is 76.0 cm³/mol. The number of nitrogens with one attached hydrogen (secondary N) is 1. The second kappa shape index (κ2) is 5.69. The molecule has 0 atom stereocenters. The lowest BCUT2D eigenvalue weighted by Gasteiger charge is -2.10. The Morgan fingerprint density at radius 3 is 2.33 bits per heavy atom. The number of hydrogen-bond acceptors (Lipinski definition) is 2. The Morgan fingerprint density at radius 1 is 1.05 bits per heavy atom. The lowest BCUT2D eigenvalue weighted by Crippen LogP contribution is -2.16. The van der Waals surface area contributed by atoms with Crippen LogP contribution >= 0.6 is 15.9 Å². The lowest BCUT2D eigenvalue weighted by molar-refractivity contribution is 0.432. The number of benzene rings is 2. The summed E-state index contributed by atoms with van der Waals surface area (Å²) in [4.78, 5) is -0.957. The van der Waals surface area contributed by atoms with E-state index in [-0.39, 0.29) is 5.69 Å². The highest BCUT2D eigenvalue weighted by Crippen LogP contribution is 2.25. The van der Waals surface area contributed by atoms with Gasteiger partial charge in [-0.3, -0.25) is 4.72 Å². The van der Waals surface area contributed by atoms with E-state index < -0.39 is 32.4 Å². The van der Waals surface area contributed by atoms with E-state index in [2.05, 4.69) is 20.7 Å². The monoisotopic (exact) mass is 379 g/mol. The van der Waals surface area contributed by atoms with E-state index in [0.29, 0.717) is 12.1 Å². The second-order valence-corrected chi connectivity index (χ2v) is 6.75. The number of hydrogen-bond donors (Lipinski definition) is 1. The third-order valence-corrected chi connectivity index (χ3v) is 4.99. The molecular weight excluding hydrogens is 371 g/mol. The largest absolute Gasteiger partial charge is 0.280 e. The summed E-state index contributed by atoms with van der Waals surface area (Å²) in [5.74, 6) is -5.04. The molecule has 0 aliphatic heterocycles. The molecule has 0 amide bonds. The maximum atomic E-state index is 13.6. The van der Waals surface area contributed by atoms with Gasteiger partial charge in [0.1, 0.15) is 4.90 Å². The van der Waals surface area contributed by atoms with Crippen LogP contribution in [0.3, 0.4) is 0 Å². The zero-order valence-electron chi connectivity index (χ0n) is 10.6. The molecule has 0 fully saturated rings. The fourth-order valence-corrected chi connectivity index (χ4v) is 3.00. The summed E-state index contributed by atoms with van der Waals surface area (Å²) in [5, 5.41) is 0. The summed E-state index contributed by atoms with van der Waals surface area (Å²) in [5.41, 5.74) is 0.931. The molecule has 0 aliphatic rings. The van der Waals surface area contributed by atoms with E-state index in [4.69, 9.17) is 0 Å². The number of sulfonamides is 1. The van der Waals surface area contributed by atoms with Crippen molar-refractivity contribution in [2.75, 3.05) is 4.72 Å². The number of anilines is 1. The van der Waals surface area contributed by atoms with Crippen LogP contribution in [0.5, 0.6) is 0 Å². The van der Waals surface area contributed by atoms with Crippen LogP contribution in [0.1, 0.15) is 5.56 Å². The van der Waals surface area contributed by atoms with E-state index in [1.165, 1.54) is 12.1 Å². The molecule has 112 valence electrons. The van der Waals surface area contributed by atoms with Crippen molar-refractivity contribution in [1.82, 2.24) is 0 Å². The maximum absolute atomic E-state index is 13.6. The van der Waals surface area contributed by atoms with Crippen molar-refractivity contribution in [1.29, 1.82) is 0 Å². The molecule has 0 aliphatic carbocycles. The van der Waals surface area contributed by atoms with Crippen molar-refractivity contribution in [3.8, 4) is 0 Å². The summed E-state index contributed by atoms with van der Waals surface area (Å²) in [6.45, 7) is 1.74. The quantitative estimate of drug-likeness (QED) is 0.819. The van der Waals surface area contributed by atoms with Crippen LogP contribution in [-0.2, 0) is 10.0 Å². The van der Waals surface area contributed by atoms with Gasteiger partial charge in [0.15, 0.2) is 17.5 Å². The molecule has 3 nitrogen and oxygen atoms in total. The molecule has 0 bridgehead atoms. The van der Waals surface area contributed by atoms with Gasteiger partial charge in [-0.1, -0.05) is 15.9 Å². The minimum Gasteiger partial charge on any atom is -0.280 e. The first-order valence-corrected chi connectivity index (χ1v) is 7.92. The zero-order chi connectivity index (χ0) is 15.8. The van der Waals surface area contributed by atoms with Crippen LogP contribution in [0.2, 0.25) is 0 Å². The van der Waals surface area contributed by atoms with Crippen LogP contribution in [0.15, 0.2) is 39.7 Å². The normalized spacial score (nSPS) is 11.5. The highest BCUT2D eigenvalue weighted by atomic mass is 79.9. The SMILES string of the molecule is Cc1cc(NS(=O)(=O)c2ccc(F)c(F)c2F)ccc1Br. The molecule has 0 unspecified atom stereocenters. The van der Waals surface area contributed by atoms with Gasteiger partial charge >= 0.3 is 0 Å². The van der Waals surface area contributed by atoms with Gasteiger partial charge in [0, 0.05) is 10.2 Å². The van der Waals surface area contributed by atoms with Crippen molar-refractivity contribution < 1.29 is 21.6 Å². The summed E-state index contributed by atoms with van der Waals surface area (Å²) in [6.07, 6.45) is 0. The van der Waals surface area contributed by atoms with Crippen LogP contribution in [0.25, 0.3) is 0 Å². The molecule has 0 saturated carbocycles. The molecule has 0 aromatic heterocycles. The number of halogens is 4. The van der Waals surface area contributed by atoms with Crippen LogP contribution in [0.4, 0.5) is 18.9 Å². The number of aryl methyl sites for hydroxylation is 1. The molecular formula is C13H9BrF3NO2S. The first-order chi connectivity index (χ1) is 9.72. The second-order valence-electron chi connectivity index (χ2n) is 4.24. The smallest absolute Gasteiger partial charge is 0.264 e. The maximum Gasteiger partial charge on any atom is 0.264 e. The first-order valence-electron chi connectivity index (χ1n) is 5.65. The average molecular weight is 380 g/mol. The number of rotatable bonds is 3. The molecule has 0 radical (unpaired) electrons.